The maximum absolute atomic E-state index is 12.3. The van der Waals surface area contributed by atoms with Crippen LogP contribution in [-0.2, 0) is 9.53 Å². The third kappa shape index (κ3) is 4.66. The molecule has 1 aromatic carbocycles. The average molecular weight is 338 g/mol. The summed E-state index contributed by atoms with van der Waals surface area (Å²) in [5.41, 5.74) is 0.0494. The number of non-ortho nitro benzene ring substituents is 1. The van der Waals surface area contributed by atoms with E-state index in [1.165, 1.54) is 26.1 Å². The first-order valence-corrected chi connectivity index (χ1v) is 6.86. The molecule has 0 spiro atoms. The van der Waals surface area contributed by atoms with Gasteiger partial charge in [-0.1, -0.05) is 0 Å². The number of hydrogen-bond acceptors (Lipinski definition) is 7. The molecule has 0 radical (unpaired) electrons. The number of rotatable bonds is 5. The molecule has 0 unspecified atom stereocenters. The van der Waals surface area contributed by atoms with Gasteiger partial charge in [0.15, 0.2) is 6.10 Å². The number of nitrogens with zero attached hydrogens (tertiary/aromatic N) is 2. The van der Waals surface area contributed by atoms with Gasteiger partial charge in [0.1, 0.15) is 0 Å². The molecule has 3 amide bonds. The van der Waals surface area contributed by atoms with E-state index in [-0.39, 0.29) is 11.3 Å². The Morgan fingerprint density at radius 3 is 2.42 bits per heavy atom. The molecule has 0 bridgehead atoms. The van der Waals surface area contributed by atoms with Gasteiger partial charge in [0, 0.05) is 33.3 Å². The lowest BCUT2D eigenvalue weighted by Gasteiger charge is -2.18. The van der Waals surface area contributed by atoms with E-state index in [1.807, 2.05) is 5.32 Å². The number of esters is 1. The molecule has 0 aliphatic heterocycles. The van der Waals surface area contributed by atoms with Gasteiger partial charge in [-0.3, -0.25) is 20.2 Å². The summed E-state index contributed by atoms with van der Waals surface area (Å²) in [5.74, 6) is -1.73. The predicted molar refractivity (Wildman–Crippen MR) is 84.9 cm³/mol. The number of nitro benzene ring substituents is 1. The van der Waals surface area contributed by atoms with E-state index in [4.69, 9.17) is 4.74 Å². The van der Waals surface area contributed by atoms with Crippen molar-refractivity contribution in [2.24, 2.45) is 0 Å². The molecule has 24 heavy (non-hydrogen) atoms. The molecule has 10 heteroatoms. The molecule has 1 rings (SSSR count). The fourth-order valence-corrected chi connectivity index (χ4v) is 1.74. The van der Waals surface area contributed by atoms with E-state index in [1.54, 1.807) is 19.0 Å². The quantitative estimate of drug-likeness (QED) is 0.458. The summed E-state index contributed by atoms with van der Waals surface area (Å²) in [4.78, 5) is 46.9. The van der Waals surface area contributed by atoms with E-state index >= 15 is 0 Å². The first-order chi connectivity index (χ1) is 11.2. The Morgan fingerprint density at radius 1 is 1.29 bits per heavy atom. The number of imide groups is 1. The summed E-state index contributed by atoms with van der Waals surface area (Å²) in [6, 6.07) is 2.99. The molecule has 0 aliphatic carbocycles. The van der Waals surface area contributed by atoms with Gasteiger partial charge >= 0.3 is 12.0 Å². The SMILES string of the molecule is CNC(=O)NC(=O)[C@H](C)OC(=O)c1cc([N+](=O)[O-])ccc1N(C)C. The molecule has 10 nitrogen and oxygen atoms in total. The highest BCUT2D eigenvalue weighted by atomic mass is 16.6. The third-order valence-electron chi connectivity index (χ3n) is 3.01. The van der Waals surface area contributed by atoms with Crippen molar-refractivity contribution in [3.05, 3.63) is 33.9 Å². The molecule has 0 saturated carbocycles. The highest BCUT2D eigenvalue weighted by Crippen LogP contribution is 2.25. The molecule has 2 N–H and O–H groups in total. The van der Waals surface area contributed by atoms with Crippen LogP contribution in [0.1, 0.15) is 17.3 Å². The summed E-state index contributed by atoms with van der Waals surface area (Å²) >= 11 is 0. The number of anilines is 1. The van der Waals surface area contributed by atoms with Crippen molar-refractivity contribution < 1.29 is 24.0 Å². The van der Waals surface area contributed by atoms with Crippen molar-refractivity contribution in [1.29, 1.82) is 0 Å². The Morgan fingerprint density at radius 2 is 1.92 bits per heavy atom. The largest absolute Gasteiger partial charge is 0.449 e. The number of hydrogen-bond donors (Lipinski definition) is 2. The Kier molecular flexibility index (Phi) is 6.22. The number of amides is 3. The predicted octanol–water partition coefficient (Wildman–Crippen LogP) is 0.662. The van der Waals surface area contributed by atoms with Gasteiger partial charge < -0.3 is 15.0 Å². The highest BCUT2D eigenvalue weighted by molar-refractivity contribution is 6.00. The lowest BCUT2D eigenvalue weighted by Crippen LogP contribution is -2.43. The monoisotopic (exact) mass is 338 g/mol. The first-order valence-electron chi connectivity index (χ1n) is 6.86. The van der Waals surface area contributed by atoms with Crippen LogP contribution in [0.25, 0.3) is 0 Å². The molecular formula is C14H18N4O6. The van der Waals surface area contributed by atoms with Crippen molar-refractivity contribution in [1.82, 2.24) is 10.6 Å². The van der Waals surface area contributed by atoms with Crippen LogP contribution >= 0.6 is 0 Å². The number of ether oxygens (including phenoxy) is 1. The van der Waals surface area contributed by atoms with Gasteiger partial charge in [-0.2, -0.15) is 0 Å². The lowest BCUT2D eigenvalue weighted by molar-refractivity contribution is -0.384. The minimum atomic E-state index is -1.26. The second-order valence-electron chi connectivity index (χ2n) is 4.97. The van der Waals surface area contributed by atoms with Crippen LogP contribution in [-0.4, -0.2) is 50.1 Å². The minimum Gasteiger partial charge on any atom is -0.449 e. The van der Waals surface area contributed by atoms with Gasteiger partial charge in [0.05, 0.1) is 16.2 Å². The lowest BCUT2D eigenvalue weighted by atomic mass is 10.1. The van der Waals surface area contributed by atoms with Crippen molar-refractivity contribution in [3.8, 4) is 0 Å². The summed E-state index contributed by atoms with van der Waals surface area (Å²) < 4.78 is 4.99. The Hall–Kier alpha value is -3.17. The Labute approximate surface area is 137 Å². The summed E-state index contributed by atoms with van der Waals surface area (Å²) in [6.07, 6.45) is -1.26. The van der Waals surface area contributed by atoms with E-state index in [2.05, 4.69) is 5.32 Å². The molecule has 0 aromatic heterocycles. The smallest absolute Gasteiger partial charge is 0.341 e. The maximum atomic E-state index is 12.3. The summed E-state index contributed by atoms with van der Waals surface area (Å²) in [7, 11) is 4.63. The van der Waals surface area contributed by atoms with Crippen LogP contribution in [0.2, 0.25) is 0 Å². The standard InChI is InChI=1S/C14H18N4O6/c1-8(12(19)16-14(21)15-2)24-13(20)10-7-9(18(22)23)5-6-11(10)17(3)4/h5-8H,1-4H3,(H2,15,16,19,21)/t8-/m0/s1. The zero-order valence-corrected chi connectivity index (χ0v) is 13.7. The van der Waals surface area contributed by atoms with Crippen LogP contribution in [0.3, 0.4) is 0 Å². The molecule has 0 saturated heterocycles. The third-order valence-corrected chi connectivity index (χ3v) is 3.01. The molecule has 1 atom stereocenters. The number of nitrogens with one attached hydrogen (secondary N) is 2. The maximum Gasteiger partial charge on any atom is 0.341 e. The molecule has 0 heterocycles. The van der Waals surface area contributed by atoms with Gasteiger partial charge in [-0.15, -0.1) is 0 Å². The molecule has 130 valence electrons. The molecule has 0 fully saturated rings. The molecular weight excluding hydrogens is 320 g/mol. The topological polar surface area (TPSA) is 131 Å². The Bertz CT molecular complexity index is 673. The zero-order valence-electron chi connectivity index (χ0n) is 13.7. The fourth-order valence-electron chi connectivity index (χ4n) is 1.74. The van der Waals surface area contributed by atoms with Gasteiger partial charge in [0.25, 0.3) is 11.6 Å². The van der Waals surface area contributed by atoms with Crippen LogP contribution in [0, 0.1) is 10.1 Å². The summed E-state index contributed by atoms with van der Waals surface area (Å²) in [5, 5.41) is 15.0. The van der Waals surface area contributed by atoms with Crippen molar-refractivity contribution in [2.75, 3.05) is 26.0 Å². The average Bonchev–Trinajstić information content (AvgIpc) is 2.53. The second kappa shape index (κ2) is 7.90. The van der Waals surface area contributed by atoms with E-state index in [0.29, 0.717) is 5.69 Å². The van der Waals surface area contributed by atoms with Crippen LogP contribution in [0.4, 0.5) is 16.2 Å². The number of benzene rings is 1. The van der Waals surface area contributed by atoms with Crippen molar-refractivity contribution in [3.63, 3.8) is 0 Å². The van der Waals surface area contributed by atoms with E-state index in [0.717, 1.165) is 6.07 Å². The van der Waals surface area contributed by atoms with Crippen molar-refractivity contribution in [2.45, 2.75) is 13.0 Å². The zero-order chi connectivity index (χ0) is 18.4. The number of nitro groups is 1. The Balaban J connectivity index is 3.01. The fraction of sp³-hybridized carbons (Fsp3) is 0.357. The number of carbonyl (C=O) groups is 3. The highest BCUT2D eigenvalue weighted by Gasteiger charge is 2.24. The minimum absolute atomic E-state index is 0.0613. The van der Waals surface area contributed by atoms with E-state index in [9.17, 15) is 24.5 Å². The first kappa shape index (κ1) is 18.9. The van der Waals surface area contributed by atoms with Crippen LogP contribution in [0.5, 0.6) is 0 Å². The second-order valence-corrected chi connectivity index (χ2v) is 4.97. The van der Waals surface area contributed by atoms with Crippen LogP contribution in [0.15, 0.2) is 18.2 Å². The van der Waals surface area contributed by atoms with Gasteiger partial charge in [-0.25, -0.2) is 9.59 Å². The van der Waals surface area contributed by atoms with Crippen LogP contribution < -0.4 is 15.5 Å². The molecule has 0 aliphatic rings. The number of urea groups is 1. The van der Waals surface area contributed by atoms with Gasteiger partial charge in [0.2, 0.25) is 0 Å². The molecule has 1 aromatic rings. The summed E-state index contributed by atoms with van der Waals surface area (Å²) in [6.45, 7) is 1.28. The number of carbonyl (C=O) groups excluding carboxylic acids is 3. The normalized spacial score (nSPS) is 11.2. The van der Waals surface area contributed by atoms with Crippen molar-refractivity contribution >= 4 is 29.3 Å². The van der Waals surface area contributed by atoms with Gasteiger partial charge in [-0.05, 0) is 13.0 Å². The van der Waals surface area contributed by atoms with E-state index < -0.39 is 28.9 Å².